The predicted molar refractivity (Wildman–Crippen MR) is 83.7 cm³/mol. The van der Waals surface area contributed by atoms with Crippen LogP contribution in [0.3, 0.4) is 0 Å². The first-order valence-electron chi connectivity index (χ1n) is 7.25. The Bertz CT molecular complexity index is 530. The van der Waals surface area contributed by atoms with Crippen molar-refractivity contribution in [1.29, 1.82) is 0 Å². The number of nitrogens with one attached hydrogen (secondary N) is 3. The monoisotopic (exact) mass is 290 g/mol. The van der Waals surface area contributed by atoms with E-state index in [0.717, 1.165) is 30.9 Å². The number of hydrogen-bond acceptors (Lipinski definition) is 4. The summed E-state index contributed by atoms with van der Waals surface area (Å²) in [5.41, 5.74) is 2.51. The second-order valence-corrected chi connectivity index (χ2v) is 5.13. The second kappa shape index (κ2) is 6.97. The molecule has 1 aliphatic heterocycles. The first-order chi connectivity index (χ1) is 10.1. The van der Waals surface area contributed by atoms with Crippen LogP contribution < -0.4 is 16.0 Å². The van der Waals surface area contributed by atoms with Crippen LogP contribution in [-0.2, 0) is 4.79 Å². The van der Waals surface area contributed by atoms with Crippen molar-refractivity contribution in [2.75, 3.05) is 43.9 Å². The van der Waals surface area contributed by atoms with Crippen molar-refractivity contribution < 1.29 is 9.59 Å². The topological polar surface area (TPSA) is 73.5 Å². The summed E-state index contributed by atoms with van der Waals surface area (Å²) >= 11 is 0. The van der Waals surface area contributed by atoms with E-state index in [-0.39, 0.29) is 18.4 Å². The van der Waals surface area contributed by atoms with Gasteiger partial charge in [-0.1, -0.05) is 6.92 Å². The van der Waals surface area contributed by atoms with Crippen LogP contribution in [0.2, 0.25) is 0 Å². The van der Waals surface area contributed by atoms with Crippen molar-refractivity contribution in [3.63, 3.8) is 0 Å². The van der Waals surface area contributed by atoms with E-state index in [0.29, 0.717) is 12.1 Å². The summed E-state index contributed by atoms with van der Waals surface area (Å²) in [7, 11) is 1.64. The van der Waals surface area contributed by atoms with E-state index in [9.17, 15) is 9.59 Å². The molecule has 0 radical (unpaired) electrons. The van der Waals surface area contributed by atoms with E-state index in [4.69, 9.17) is 0 Å². The van der Waals surface area contributed by atoms with Crippen molar-refractivity contribution in [3.05, 3.63) is 23.8 Å². The summed E-state index contributed by atoms with van der Waals surface area (Å²) in [6.45, 7) is 4.40. The average Bonchev–Trinajstić information content (AvgIpc) is 2.51. The van der Waals surface area contributed by atoms with Crippen LogP contribution in [0.15, 0.2) is 18.2 Å². The lowest BCUT2D eigenvalue weighted by Crippen LogP contribution is -2.38. The fraction of sp³-hybridized carbons (Fsp3) is 0.467. The molecule has 0 unspecified atom stereocenters. The van der Waals surface area contributed by atoms with Crippen molar-refractivity contribution in [3.8, 4) is 0 Å². The third-order valence-electron chi connectivity index (χ3n) is 3.32. The molecule has 3 N–H and O–H groups in total. The molecule has 0 saturated carbocycles. The van der Waals surface area contributed by atoms with Gasteiger partial charge in [-0.3, -0.25) is 9.59 Å². The highest BCUT2D eigenvalue weighted by atomic mass is 16.2. The minimum atomic E-state index is -0.156. The lowest BCUT2D eigenvalue weighted by Gasteiger charge is -2.22. The van der Waals surface area contributed by atoms with Gasteiger partial charge in [0.15, 0.2) is 0 Å². The van der Waals surface area contributed by atoms with Crippen LogP contribution in [0.1, 0.15) is 23.7 Å². The molecule has 0 fully saturated rings. The Morgan fingerprint density at radius 2 is 1.95 bits per heavy atom. The van der Waals surface area contributed by atoms with Gasteiger partial charge in [-0.25, -0.2) is 0 Å². The Labute approximate surface area is 124 Å². The van der Waals surface area contributed by atoms with Crippen molar-refractivity contribution >= 4 is 23.2 Å². The fourth-order valence-corrected chi connectivity index (χ4v) is 2.20. The van der Waals surface area contributed by atoms with Gasteiger partial charge in [-0.2, -0.15) is 0 Å². The van der Waals surface area contributed by atoms with E-state index in [1.165, 1.54) is 4.90 Å². The summed E-state index contributed by atoms with van der Waals surface area (Å²) in [6.07, 6.45) is 0.882. The number of nitrogens with zero attached hydrogens (tertiary/aromatic N) is 1. The molecule has 2 rings (SSSR count). The number of likely N-dealkylation sites (N-methyl/N-ethyl adjacent to an activating group) is 1. The molecule has 1 aromatic rings. The van der Waals surface area contributed by atoms with Crippen molar-refractivity contribution in [1.82, 2.24) is 10.2 Å². The van der Waals surface area contributed by atoms with Gasteiger partial charge in [-0.15, -0.1) is 0 Å². The van der Waals surface area contributed by atoms with Gasteiger partial charge in [-0.05, 0) is 24.6 Å². The summed E-state index contributed by atoms with van der Waals surface area (Å²) in [5.74, 6) is -0.290. The number of hydrogen-bond donors (Lipinski definition) is 3. The lowest BCUT2D eigenvalue weighted by molar-refractivity contribution is -0.121. The lowest BCUT2D eigenvalue weighted by atomic mass is 10.1. The maximum absolute atomic E-state index is 12.3. The number of carbonyl (C=O) groups is 2. The zero-order chi connectivity index (χ0) is 15.2. The molecule has 6 nitrogen and oxygen atoms in total. The summed E-state index contributed by atoms with van der Waals surface area (Å²) < 4.78 is 0. The van der Waals surface area contributed by atoms with Gasteiger partial charge in [0.05, 0.1) is 17.9 Å². The second-order valence-electron chi connectivity index (χ2n) is 5.13. The average molecular weight is 290 g/mol. The molecule has 0 spiro atoms. The van der Waals surface area contributed by atoms with Crippen LogP contribution in [-0.4, -0.2) is 49.9 Å². The summed E-state index contributed by atoms with van der Waals surface area (Å²) in [5, 5.41) is 9.28. The van der Waals surface area contributed by atoms with Gasteiger partial charge in [0.2, 0.25) is 5.91 Å². The highest BCUT2D eigenvalue weighted by molar-refractivity contribution is 5.98. The molecule has 0 bridgehead atoms. The number of anilines is 2. The van der Waals surface area contributed by atoms with Crippen LogP contribution in [0.5, 0.6) is 0 Å². The van der Waals surface area contributed by atoms with Crippen LogP contribution in [0.4, 0.5) is 11.4 Å². The molecular weight excluding hydrogens is 268 g/mol. The molecule has 21 heavy (non-hydrogen) atoms. The number of amides is 2. The number of benzene rings is 1. The predicted octanol–water partition coefficient (Wildman–Crippen LogP) is 1.12. The van der Waals surface area contributed by atoms with Gasteiger partial charge in [0, 0.05) is 32.2 Å². The smallest absolute Gasteiger partial charge is 0.254 e. The molecule has 1 heterocycles. The fourth-order valence-electron chi connectivity index (χ4n) is 2.20. The number of carbonyl (C=O) groups excluding carboxylic acids is 2. The largest absolute Gasteiger partial charge is 0.382 e. The first-order valence-corrected chi connectivity index (χ1v) is 7.25. The third kappa shape index (κ3) is 3.87. The van der Waals surface area contributed by atoms with E-state index < -0.39 is 0 Å². The normalized spacial score (nSPS) is 12.7. The van der Waals surface area contributed by atoms with Crippen molar-refractivity contribution in [2.45, 2.75) is 13.3 Å². The zero-order valence-corrected chi connectivity index (χ0v) is 12.5. The summed E-state index contributed by atoms with van der Waals surface area (Å²) in [4.78, 5) is 25.4. The number of rotatable bonds is 5. The number of fused-ring (bicyclic) bond motifs is 1. The molecule has 1 aromatic carbocycles. The van der Waals surface area contributed by atoms with Gasteiger partial charge >= 0.3 is 0 Å². The molecule has 0 saturated heterocycles. The Morgan fingerprint density at radius 3 is 2.67 bits per heavy atom. The van der Waals surface area contributed by atoms with Gasteiger partial charge < -0.3 is 20.9 Å². The molecule has 1 aliphatic rings. The van der Waals surface area contributed by atoms with E-state index >= 15 is 0 Å². The Morgan fingerprint density at radius 1 is 1.24 bits per heavy atom. The van der Waals surface area contributed by atoms with Crippen LogP contribution in [0.25, 0.3) is 0 Å². The molecule has 6 heteroatoms. The van der Waals surface area contributed by atoms with E-state index in [1.54, 1.807) is 13.1 Å². The minimum absolute atomic E-state index is 0.0710. The summed E-state index contributed by atoms with van der Waals surface area (Å²) in [6, 6.07) is 5.49. The minimum Gasteiger partial charge on any atom is -0.382 e. The molecule has 0 atom stereocenters. The van der Waals surface area contributed by atoms with Gasteiger partial charge in [0.25, 0.3) is 5.91 Å². The third-order valence-corrected chi connectivity index (χ3v) is 3.32. The molecule has 0 aromatic heterocycles. The molecule has 114 valence electrons. The Kier molecular flexibility index (Phi) is 5.03. The SMILES string of the molecule is CCCNC(=O)CN(C)C(=O)c1ccc2c(c1)NCCN2. The van der Waals surface area contributed by atoms with Crippen molar-refractivity contribution in [2.24, 2.45) is 0 Å². The zero-order valence-electron chi connectivity index (χ0n) is 12.5. The molecule has 2 amide bonds. The maximum atomic E-state index is 12.3. The molecular formula is C15H22N4O2. The maximum Gasteiger partial charge on any atom is 0.254 e. The van der Waals surface area contributed by atoms with E-state index in [1.807, 2.05) is 19.1 Å². The van der Waals surface area contributed by atoms with E-state index in [2.05, 4.69) is 16.0 Å². The quantitative estimate of drug-likeness (QED) is 0.760. The highest BCUT2D eigenvalue weighted by Gasteiger charge is 2.17. The first kappa shape index (κ1) is 15.2. The highest BCUT2D eigenvalue weighted by Crippen LogP contribution is 2.25. The Hall–Kier alpha value is -2.24. The standard InChI is InChI=1S/C15H22N4O2/c1-3-6-18-14(20)10-19(2)15(21)11-4-5-12-13(9-11)17-8-7-16-12/h4-5,9,16-17H,3,6-8,10H2,1-2H3,(H,18,20). The van der Waals surface area contributed by atoms with Gasteiger partial charge in [0.1, 0.15) is 0 Å². The Balaban J connectivity index is 2.00. The van der Waals surface area contributed by atoms with Crippen LogP contribution in [0, 0.1) is 0 Å². The molecule has 0 aliphatic carbocycles. The van der Waals surface area contributed by atoms with Crippen LogP contribution >= 0.6 is 0 Å².